The van der Waals surface area contributed by atoms with Gasteiger partial charge in [-0.3, -0.25) is 0 Å². The first kappa shape index (κ1) is 18.3. The Labute approximate surface area is 119 Å². The normalized spacial score (nSPS) is 12.5. The first-order valence-electron chi connectivity index (χ1n) is 7.98. The number of rotatable bonds is 10. The van der Waals surface area contributed by atoms with E-state index < -0.39 is 0 Å². The molecule has 0 spiro atoms. The molecule has 0 aromatic heterocycles. The average molecular weight is 271 g/mol. The lowest BCUT2D eigenvalue weighted by molar-refractivity contribution is 0.0516. The minimum absolute atomic E-state index is 0.00824. The topological polar surface area (TPSA) is 29.5 Å². The van der Waals surface area contributed by atoms with Gasteiger partial charge in [-0.05, 0) is 26.2 Å². The summed E-state index contributed by atoms with van der Waals surface area (Å²) >= 11 is 0. The van der Waals surface area contributed by atoms with Gasteiger partial charge < -0.3 is 9.64 Å². The lowest BCUT2D eigenvalue weighted by atomic mass is 10.1. The minimum atomic E-state index is -0.155. The summed E-state index contributed by atoms with van der Waals surface area (Å²) in [5.41, 5.74) is 0. The van der Waals surface area contributed by atoms with Gasteiger partial charge in [0.05, 0.1) is 0 Å². The zero-order chi connectivity index (χ0) is 14.7. The van der Waals surface area contributed by atoms with Crippen LogP contribution in [-0.2, 0) is 4.74 Å². The molecule has 3 nitrogen and oxygen atoms in total. The Hall–Kier alpha value is -0.730. The number of carbonyl (C=O) groups excluding carboxylic acids is 1. The van der Waals surface area contributed by atoms with E-state index in [1.165, 1.54) is 32.1 Å². The third-order valence-electron chi connectivity index (χ3n) is 3.65. The molecule has 0 saturated carbocycles. The zero-order valence-corrected chi connectivity index (χ0v) is 13.6. The Morgan fingerprint density at radius 2 is 1.58 bits per heavy atom. The highest BCUT2D eigenvalue weighted by Crippen LogP contribution is 2.10. The SMILES string of the molecule is CCCCCCCCN(CC)C(=O)OC(C)C(C)C. The summed E-state index contributed by atoms with van der Waals surface area (Å²) in [4.78, 5) is 13.8. The molecule has 0 bridgehead atoms. The highest BCUT2D eigenvalue weighted by Gasteiger charge is 2.17. The fourth-order valence-electron chi connectivity index (χ4n) is 1.83. The quantitative estimate of drug-likeness (QED) is 0.532. The number of unbranched alkanes of at least 4 members (excludes halogenated alkanes) is 5. The van der Waals surface area contributed by atoms with Crippen molar-refractivity contribution in [3.05, 3.63) is 0 Å². The van der Waals surface area contributed by atoms with Gasteiger partial charge in [0.25, 0.3) is 0 Å². The first-order chi connectivity index (χ1) is 9.02. The lowest BCUT2D eigenvalue weighted by Crippen LogP contribution is -2.35. The summed E-state index contributed by atoms with van der Waals surface area (Å²) in [6.07, 6.45) is 7.33. The minimum Gasteiger partial charge on any atom is -0.446 e. The van der Waals surface area contributed by atoms with Gasteiger partial charge in [-0.2, -0.15) is 0 Å². The van der Waals surface area contributed by atoms with Crippen LogP contribution in [0.4, 0.5) is 4.79 Å². The van der Waals surface area contributed by atoms with E-state index in [1.807, 2.05) is 18.7 Å². The molecule has 0 rings (SSSR count). The van der Waals surface area contributed by atoms with Crippen LogP contribution in [0.2, 0.25) is 0 Å². The van der Waals surface area contributed by atoms with Crippen LogP contribution in [0.15, 0.2) is 0 Å². The van der Waals surface area contributed by atoms with Gasteiger partial charge in [0.1, 0.15) is 6.10 Å². The Balaban J connectivity index is 3.83. The van der Waals surface area contributed by atoms with E-state index in [9.17, 15) is 4.79 Å². The molecule has 3 heteroatoms. The summed E-state index contributed by atoms with van der Waals surface area (Å²) in [7, 11) is 0. The fourth-order valence-corrected chi connectivity index (χ4v) is 1.83. The molecule has 0 aromatic carbocycles. The zero-order valence-electron chi connectivity index (χ0n) is 13.6. The molecule has 0 aromatic rings. The van der Waals surface area contributed by atoms with Crippen molar-refractivity contribution >= 4 is 6.09 Å². The van der Waals surface area contributed by atoms with Crippen LogP contribution in [-0.4, -0.2) is 30.2 Å². The average Bonchev–Trinajstić information content (AvgIpc) is 2.37. The molecule has 19 heavy (non-hydrogen) atoms. The molecule has 1 atom stereocenters. The van der Waals surface area contributed by atoms with Gasteiger partial charge in [-0.15, -0.1) is 0 Å². The van der Waals surface area contributed by atoms with Crippen molar-refractivity contribution in [3.8, 4) is 0 Å². The van der Waals surface area contributed by atoms with Crippen LogP contribution in [0.1, 0.15) is 73.1 Å². The molecular weight excluding hydrogens is 238 g/mol. The van der Waals surface area contributed by atoms with Crippen molar-refractivity contribution in [2.75, 3.05) is 13.1 Å². The van der Waals surface area contributed by atoms with Gasteiger partial charge in [-0.1, -0.05) is 52.9 Å². The standard InChI is InChI=1S/C16H33NO2/c1-6-8-9-10-11-12-13-17(7-2)16(18)19-15(5)14(3)4/h14-15H,6-13H2,1-5H3. The molecule has 0 saturated heterocycles. The molecule has 1 amide bonds. The second-order valence-corrected chi connectivity index (χ2v) is 5.68. The summed E-state index contributed by atoms with van der Waals surface area (Å²) in [6.45, 7) is 11.9. The van der Waals surface area contributed by atoms with Crippen LogP contribution in [0.25, 0.3) is 0 Å². The van der Waals surface area contributed by atoms with Crippen molar-refractivity contribution < 1.29 is 9.53 Å². The van der Waals surface area contributed by atoms with E-state index >= 15 is 0 Å². The van der Waals surface area contributed by atoms with Gasteiger partial charge in [0.15, 0.2) is 0 Å². The molecule has 0 heterocycles. The maximum atomic E-state index is 12.0. The Morgan fingerprint density at radius 3 is 2.11 bits per heavy atom. The van der Waals surface area contributed by atoms with Crippen molar-refractivity contribution in [1.82, 2.24) is 4.90 Å². The van der Waals surface area contributed by atoms with E-state index in [-0.39, 0.29) is 12.2 Å². The number of hydrogen-bond donors (Lipinski definition) is 0. The molecule has 0 fully saturated rings. The van der Waals surface area contributed by atoms with Gasteiger partial charge >= 0.3 is 6.09 Å². The maximum absolute atomic E-state index is 12.0. The third kappa shape index (κ3) is 8.90. The molecule has 1 unspecified atom stereocenters. The van der Waals surface area contributed by atoms with Crippen LogP contribution in [0.5, 0.6) is 0 Å². The largest absolute Gasteiger partial charge is 0.446 e. The molecule has 0 aliphatic heterocycles. The Kier molecular flexibility index (Phi) is 10.7. The van der Waals surface area contributed by atoms with E-state index in [1.54, 1.807) is 0 Å². The van der Waals surface area contributed by atoms with Crippen LogP contribution >= 0.6 is 0 Å². The number of hydrogen-bond acceptors (Lipinski definition) is 2. The predicted molar refractivity (Wildman–Crippen MR) is 81.4 cm³/mol. The van der Waals surface area contributed by atoms with Crippen molar-refractivity contribution in [2.45, 2.75) is 79.2 Å². The smallest absolute Gasteiger partial charge is 0.410 e. The summed E-state index contributed by atoms with van der Waals surface area (Å²) in [6, 6.07) is 0. The summed E-state index contributed by atoms with van der Waals surface area (Å²) in [5.74, 6) is 0.372. The van der Waals surface area contributed by atoms with E-state index in [4.69, 9.17) is 4.74 Å². The van der Waals surface area contributed by atoms with Crippen molar-refractivity contribution in [2.24, 2.45) is 5.92 Å². The molecule has 0 N–H and O–H groups in total. The highest BCUT2D eigenvalue weighted by atomic mass is 16.6. The van der Waals surface area contributed by atoms with E-state index in [0.717, 1.165) is 19.5 Å². The first-order valence-corrected chi connectivity index (χ1v) is 7.98. The van der Waals surface area contributed by atoms with Gasteiger partial charge in [-0.25, -0.2) is 4.79 Å². The van der Waals surface area contributed by atoms with E-state index in [2.05, 4.69) is 20.8 Å². The summed E-state index contributed by atoms with van der Waals surface area (Å²) < 4.78 is 5.45. The lowest BCUT2D eigenvalue weighted by Gasteiger charge is -2.24. The maximum Gasteiger partial charge on any atom is 0.410 e. The number of amides is 1. The monoisotopic (exact) mass is 271 g/mol. The van der Waals surface area contributed by atoms with Crippen molar-refractivity contribution in [3.63, 3.8) is 0 Å². The predicted octanol–water partition coefficient (Wildman–Crippen LogP) is 4.85. The third-order valence-corrected chi connectivity index (χ3v) is 3.65. The summed E-state index contributed by atoms with van der Waals surface area (Å²) in [5, 5.41) is 0. The molecule has 0 radical (unpaired) electrons. The molecular formula is C16H33NO2. The van der Waals surface area contributed by atoms with Crippen molar-refractivity contribution in [1.29, 1.82) is 0 Å². The molecule has 0 aliphatic rings. The Bertz CT molecular complexity index is 229. The molecule has 114 valence electrons. The second-order valence-electron chi connectivity index (χ2n) is 5.68. The number of ether oxygens (including phenoxy) is 1. The fraction of sp³-hybridized carbons (Fsp3) is 0.938. The van der Waals surface area contributed by atoms with Crippen LogP contribution in [0.3, 0.4) is 0 Å². The van der Waals surface area contributed by atoms with E-state index in [0.29, 0.717) is 5.92 Å². The second kappa shape index (κ2) is 11.1. The highest BCUT2D eigenvalue weighted by molar-refractivity contribution is 5.67. The number of carbonyl (C=O) groups is 1. The van der Waals surface area contributed by atoms with Gasteiger partial charge in [0.2, 0.25) is 0 Å². The van der Waals surface area contributed by atoms with Gasteiger partial charge in [0, 0.05) is 13.1 Å². The Morgan fingerprint density at radius 1 is 1.00 bits per heavy atom. The number of nitrogens with zero attached hydrogens (tertiary/aromatic N) is 1. The van der Waals surface area contributed by atoms with Crippen LogP contribution < -0.4 is 0 Å². The molecule has 0 aliphatic carbocycles. The van der Waals surface area contributed by atoms with Crippen LogP contribution in [0, 0.1) is 5.92 Å².